The molecular weight excluding hydrogens is 352 g/mol. The Labute approximate surface area is 160 Å². The van der Waals surface area contributed by atoms with Gasteiger partial charge in [-0.15, -0.1) is 0 Å². The summed E-state index contributed by atoms with van der Waals surface area (Å²) in [5.74, 6) is 2.00. The van der Waals surface area contributed by atoms with Crippen LogP contribution in [-0.4, -0.2) is 55.1 Å². The number of amides is 1. The Hall–Kier alpha value is -1.46. The summed E-state index contributed by atoms with van der Waals surface area (Å²) in [6.07, 6.45) is 5.10. The lowest BCUT2D eigenvalue weighted by molar-refractivity contribution is -0.136. The molecule has 0 saturated carbocycles. The summed E-state index contributed by atoms with van der Waals surface area (Å²) < 4.78 is 11.5. The second-order valence-electron chi connectivity index (χ2n) is 7.54. The van der Waals surface area contributed by atoms with Crippen molar-refractivity contribution in [1.29, 1.82) is 0 Å². The first-order chi connectivity index (χ1) is 12.7. The SMILES string of the molecule is O=C(C1CCN(Cc2cc(Cl)c3c(c2)OCCCO3)CC1)N1CCCC1. The van der Waals surface area contributed by atoms with E-state index in [1.807, 2.05) is 12.1 Å². The minimum atomic E-state index is 0.205. The third kappa shape index (κ3) is 3.94. The van der Waals surface area contributed by atoms with Crippen LogP contribution in [0, 0.1) is 5.92 Å². The van der Waals surface area contributed by atoms with Crippen LogP contribution in [0.4, 0.5) is 0 Å². The molecule has 0 N–H and O–H groups in total. The van der Waals surface area contributed by atoms with Gasteiger partial charge in [0.2, 0.25) is 5.91 Å². The number of halogens is 1. The van der Waals surface area contributed by atoms with Crippen molar-refractivity contribution in [3.8, 4) is 11.5 Å². The fourth-order valence-electron chi connectivity index (χ4n) is 4.17. The predicted octanol–water partition coefficient (Wildman–Crippen LogP) is 3.34. The van der Waals surface area contributed by atoms with Crippen LogP contribution in [0.5, 0.6) is 11.5 Å². The molecule has 0 bridgehead atoms. The van der Waals surface area contributed by atoms with Gasteiger partial charge in [-0.25, -0.2) is 0 Å². The zero-order chi connectivity index (χ0) is 17.9. The number of hydrogen-bond donors (Lipinski definition) is 0. The molecule has 1 aromatic rings. The van der Waals surface area contributed by atoms with E-state index in [4.69, 9.17) is 21.1 Å². The van der Waals surface area contributed by atoms with E-state index in [9.17, 15) is 4.79 Å². The van der Waals surface area contributed by atoms with Gasteiger partial charge in [0.15, 0.2) is 11.5 Å². The van der Waals surface area contributed by atoms with Gasteiger partial charge < -0.3 is 14.4 Å². The Kier molecular flexibility index (Phi) is 5.55. The summed E-state index contributed by atoms with van der Waals surface area (Å²) in [4.78, 5) is 17.0. The maximum absolute atomic E-state index is 12.6. The molecule has 1 amide bonds. The number of nitrogens with zero attached hydrogens (tertiary/aromatic N) is 2. The normalized spacial score (nSPS) is 21.7. The number of ether oxygens (including phenoxy) is 2. The molecule has 3 aliphatic rings. The lowest BCUT2D eigenvalue weighted by Crippen LogP contribution is -2.41. The molecule has 0 spiro atoms. The first-order valence-corrected chi connectivity index (χ1v) is 10.2. The quantitative estimate of drug-likeness (QED) is 0.809. The molecule has 1 aromatic carbocycles. The summed E-state index contributed by atoms with van der Waals surface area (Å²) in [7, 11) is 0. The molecule has 0 aliphatic carbocycles. The van der Waals surface area contributed by atoms with Crippen molar-refractivity contribution < 1.29 is 14.3 Å². The van der Waals surface area contributed by atoms with E-state index in [1.165, 1.54) is 0 Å². The number of hydrogen-bond acceptors (Lipinski definition) is 4. The van der Waals surface area contributed by atoms with Gasteiger partial charge in [-0.05, 0) is 56.5 Å². The maximum atomic E-state index is 12.6. The highest BCUT2D eigenvalue weighted by Gasteiger charge is 2.30. The van der Waals surface area contributed by atoms with E-state index in [0.29, 0.717) is 29.9 Å². The second-order valence-corrected chi connectivity index (χ2v) is 7.95. The van der Waals surface area contributed by atoms with Gasteiger partial charge in [-0.3, -0.25) is 9.69 Å². The van der Waals surface area contributed by atoms with Crippen LogP contribution in [-0.2, 0) is 11.3 Å². The van der Waals surface area contributed by atoms with E-state index in [-0.39, 0.29) is 5.92 Å². The minimum Gasteiger partial charge on any atom is -0.489 e. The lowest BCUT2D eigenvalue weighted by Gasteiger charge is -2.33. The Balaban J connectivity index is 1.35. The summed E-state index contributed by atoms with van der Waals surface area (Å²) in [6, 6.07) is 4.03. The largest absolute Gasteiger partial charge is 0.489 e. The molecule has 5 nitrogen and oxygen atoms in total. The molecule has 6 heteroatoms. The number of likely N-dealkylation sites (tertiary alicyclic amines) is 2. The molecule has 2 fully saturated rings. The van der Waals surface area contributed by atoms with Crippen molar-refractivity contribution >= 4 is 17.5 Å². The van der Waals surface area contributed by atoms with Gasteiger partial charge in [0.25, 0.3) is 0 Å². The van der Waals surface area contributed by atoms with Crippen LogP contribution in [0.2, 0.25) is 5.02 Å². The number of carbonyl (C=O) groups excluding carboxylic acids is 1. The van der Waals surface area contributed by atoms with Gasteiger partial charge >= 0.3 is 0 Å². The summed E-state index contributed by atoms with van der Waals surface area (Å²) in [5.41, 5.74) is 1.14. The van der Waals surface area contributed by atoms with Crippen molar-refractivity contribution in [3.63, 3.8) is 0 Å². The van der Waals surface area contributed by atoms with E-state index in [1.54, 1.807) is 0 Å². The standard InChI is InChI=1S/C20H27ClN2O3/c21-17-12-15(13-18-19(17)26-11-3-10-25-18)14-22-8-4-16(5-9-22)20(24)23-6-1-2-7-23/h12-13,16H,1-11,14H2. The molecular formula is C20H27ClN2O3. The maximum Gasteiger partial charge on any atom is 0.225 e. The van der Waals surface area contributed by atoms with Gasteiger partial charge in [0.05, 0.1) is 18.2 Å². The van der Waals surface area contributed by atoms with Gasteiger partial charge in [-0.1, -0.05) is 11.6 Å². The smallest absolute Gasteiger partial charge is 0.225 e. The number of fused-ring (bicyclic) bond motifs is 1. The van der Waals surface area contributed by atoms with Crippen LogP contribution in [0.1, 0.15) is 37.7 Å². The van der Waals surface area contributed by atoms with E-state index < -0.39 is 0 Å². The van der Waals surface area contributed by atoms with Crippen molar-refractivity contribution in [2.24, 2.45) is 5.92 Å². The zero-order valence-corrected chi connectivity index (χ0v) is 16.0. The monoisotopic (exact) mass is 378 g/mol. The van der Waals surface area contributed by atoms with Crippen molar-refractivity contribution in [3.05, 3.63) is 22.7 Å². The van der Waals surface area contributed by atoms with Crippen molar-refractivity contribution in [2.75, 3.05) is 39.4 Å². The summed E-state index contributed by atoms with van der Waals surface area (Å²) in [6.45, 7) is 5.96. The first-order valence-electron chi connectivity index (χ1n) is 9.80. The lowest BCUT2D eigenvalue weighted by atomic mass is 9.95. The number of benzene rings is 1. The third-order valence-corrected chi connectivity index (χ3v) is 5.90. The molecule has 0 unspecified atom stereocenters. The first kappa shape index (κ1) is 17.9. The molecule has 4 rings (SSSR count). The Morgan fingerprint density at radius 3 is 2.54 bits per heavy atom. The Morgan fingerprint density at radius 1 is 1.04 bits per heavy atom. The average Bonchev–Trinajstić information content (AvgIpc) is 3.08. The average molecular weight is 379 g/mol. The fraction of sp³-hybridized carbons (Fsp3) is 0.650. The van der Waals surface area contributed by atoms with Crippen LogP contribution in [0.3, 0.4) is 0 Å². The predicted molar refractivity (Wildman–Crippen MR) is 101 cm³/mol. The van der Waals surface area contributed by atoms with Gasteiger partial charge in [0.1, 0.15) is 0 Å². The highest BCUT2D eigenvalue weighted by Crippen LogP contribution is 2.38. The van der Waals surface area contributed by atoms with Crippen LogP contribution < -0.4 is 9.47 Å². The van der Waals surface area contributed by atoms with Crippen LogP contribution >= 0.6 is 11.6 Å². The third-order valence-electron chi connectivity index (χ3n) is 5.62. The zero-order valence-electron chi connectivity index (χ0n) is 15.2. The highest BCUT2D eigenvalue weighted by molar-refractivity contribution is 6.32. The molecule has 0 atom stereocenters. The molecule has 3 heterocycles. The molecule has 26 heavy (non-hydrogen) atoms. The van der Waals surface area contributed by atoms with E-state index >= 15 is 0 Å². The second kappa shape index (κ2) is 8.05. The van der Waals surface area contributed by atoms with Crippen molar-refractivity contribution in [1.82, 2.24) is 9.80 Å². The molecule has 142 valence electrons. The molecule has 0 aromatic heterocycles. The van der Waals surface area contributed by atoms with Gasteiger partial charge in [-0.2, -0.15) is 0 Å². The molecule has 3 aliphatic heterocycles. The van der Waals surface area contributed by atoms with E-state index in [2.05, 4.69) is 9.80 Å². The highest BCUT2D eigenvalue weighted by atomic mass is 35.5. The number of rotatable bonds is 3. The van der Waals surface area contributed by atoms with Gasteiger partial charge in [0, 0.05) is 32.0 Å². The molecule has 0 radical (unpaired) electrons. The Morgan fingerprint density at radius 2 is 1.77 bits per heavy atom. The van der Waals surface area contributed by atoms with Crippen molar-refractivity contribution in [2.45, 2.75) is 38.6 Å². The van der Waals surface area contributed by atoms with Crippen LogP contribution in [0.15, 0.2) is 12.1 Å². The summed E-state index contributed by atoms with van der Waals surface area (Å²) in [5, 5.41) is 0.624. The van der Waals surface area contributed by atoms with E-state index in [0.717, 1.165) is 76.1 Å². The topological polar surface area (TPSA) is 42.0 Å². The number of carbonyl (C=O) groups is 1. The number of piperidine rings is 1. The van der Waals surface area contributed by atoms with Crippen LogP contribution in [0.25, 0.3) is 0 Å². The molecule has 2 saturated heterocycles. The fourth-order valence-corrected chi connectivity index (χ4v) is 4.46. The minimum absolute atomic E-state index is 0.205. The Bertz CT molecular complexity index is 653. The summed E-state index contributed by atoms with van der Waals surface area (Å²) >= 11 is 6.40.